The van der Waals surface area contributed by atoms with Crippen LogP contribution in [0.4, 0.5) is 13.2 Å². The highest BCUT2D eigenvalue weighted by atomic mass is 31.2. The molecule has 0 amide bonds. The predicted molar refractivity (Wildman–Crippen MR) is 51.5 cm³/mol. The molecule has 0 unspecified atom stereocenters. The van der Waals surface area contributed by atoms with Gasteiger partial charge in [-0.25, -0.2) is 0 Å². The highest BCUT2D eigenvalue weighted by molar-refractivity contribution is 7.57. The molecule has 0 spiro atoms. The molecule has 0 aromatic heterocycles. The fourth-order valence-electron chi connectivity index (χ4n) is 0.959. The first-order valence-corrected chi connectivity index (χ1v) is 6.62. The van der Waals surface area contributed by atoms with Crippen molar-refractivity contribution in [3.8, 4) is 5.75 Å². The van der Waals surface area contributed by atoms with Crippen molar-refractivity contribution in [2.24, 2.45) is 0 Å². The summed E-state index contributed by atoms with van der Waals surface area (Å²) in [6.45, 7) is 2.79. The van der Waals surface area contributed by atoms with E-state index in [0.29, 0.717) is 0 Å². The third-order valence-electron chi connectivity index (χ3n) is 1.51. The lowest BCUT2D eigenvalue weighted by molar-refractivity contribution is -0.137. The second-order valence-corrected chi connectivity index (χ2v) is 6.05. The van der Waals surface area contributed by atoms with Gasteiger partial charge in [-0.15, -0.1) is 0 Å². The van der Waals surface area contributed by atoms with Crippen molar-refractivity contribution >= 4 is 7.37 Å². The smallest absolute Gasteiger partial charge is 0.416 e. The predicted octanol–water partition coefficient (Wildman–Crippen LogP) is 3.62. The van der Waals surface area contributed by atoms with E-state index in [1.54, 1.807) is 0 Å². The van der Waals surface area contributed by atoms with E-state index < -0.39 is 19.1 Å². The van der Waals surface area contributed by atoms with Crippen molar-refractivity contribution in [3.05, 3.63) is 29.8 Å². The Morgan fingerprint density at radius 2 is 1.60 bits per heavy atom. The summed E-state index contributed by atoms with van der Waals surface area (Å²) >= 11 is 0. The van der Waals surface area contributed by atoms with Crippen molar-refractivity contribution in [3.63, 3.8) is 0 Å². The highest BCUT2D eigenvalue weighted by Crippen LogP contribution is 2.39. The summed E-state index contributed by atoms with van der Waals surface area (Å²) < 4.78 is 52.7. The molecule has 1 aromatic rings. The maximum absolute atomic E-state index is 12.2. The summed E-state index contributed by atoms with van der Waals surface area (Å²) in [6.07, 6.45) is -4.36. The zero-order valence-electron chi connectivity index (χ0n) is 8.21. The number of alkyl halides is 3. The molecule has 0 atom stereocenters. The average molecular weight is 238 g/mol. The van der Waals surface area contributed by atoms with Crippen molar-refractivity contribution in [1.29, 1.82) is 0 Å². The first-order chi connectivity index (χ1) is 6.68. The van der Waals surface area contributed by atoms with Gasteiger partial charge in [0.15, 0.2) is 0 Å². The van der Waals surface area contributed by atoms with Crippen LogP contribution in [0, 0.1) is 0 Å². The number of hydrogen-bond donors (Lipinski definition) is 0. The molecule has 0 radical (unpaired) electrons. The molecule has 0 fully saturated rings. The molecule has 15 heavy (non-hydrogen) atoms. The van der Waals surface area contributed by atoms with Crippen LogP contribution >= 0.6 is 7.37 Å². The molecule has 0 aliphatic carbocycles. The first-order valence-electron chi connectivity index (χ1n) is 4.10. The number of rotatable bonds is 2. The van der Waals surface area contributed by atoms with Crippen LogP contribution in [0.5, 0.6) is 5.75 Å². The minimum Gasteiger partial charge on any atom is -0.443 e. The summed E-state index contributed by atoms with van der Waals surface area (Å²) in [4.78, 5) is 0. The van der Waals surface area contributed by atoms with E-state index in [1.165, 1.54) is 13.3 Å². The van der Waals surface area contributed by atoms with Crippen molar-refractivity contribution < 1.29 is 22.3 Å². The molecule has 84 valence electrons. The molecular formula is C9H10F3O2P. The Balaban J connectivity index is 2.87. The molecule has 2 nitrogen and oxygen atoms in total. The van der Waals surface area contributed by atoms with Crippen LogP contribution in [0.1, 0.15) is 5.56 Å². The number of benzene rings is 1. The first kappa shape index (κ1) is 12.1. The zero-order chi connectivity index (χ0) is 11.7. The van der Waals surface area contributed by atoms with E-state index in [0.717, 1.165) is 24.3 Å². The highest BCUT2D eigenvalue weighted by Gasteiger charge is 2.30. The van der Waals surface area contributed by atoms with Gasteiger partial charge in [0.2, 0.25) is 7.37 Å². The monoisotopic (exact) mass is 238 g/mol. The van der Waals surface area contributed by atoms with Gasteiger partial charge in [0.25, 0.3) is 0 Å². The van der Waals surface area contributed by atoms with Gasteiger partial charge in [-0.3, -0.25) is 4.57 Å². The normalized spacial score (nSPS) is 12.6. The molecule has 0 heterocycles. The van der Waals surface area contributed by atoms with Gasteiger partial charge in [-0.2, -0.15) is 13.2 Å². The van der Waals surface area contributed by atoms with Gasteiger partial charge in [-0.05, 0) is 24.3 Å². The van der Waals surface area contributed by atoms with Gasteiger partial charge in [0.05, 0.1) is 5.56 Å². The Kier molecular flexibility index (Phi) is 3.14. The quantitative estimate of drug-likeness (QED) is 0.735. The molecule has 0 saturated carbocycles. The minimum atomic E-state index is -4.36. The Morgan fingerprint density at radius 1 is 1.13 bits per heavy atom. The summed E-state index contributed by atoms with van der Waals surface area (Å²) in [5.41, 5.74) is -0.753. The van der Waals surface area contributed by atoms with Crippen molar-refractivity contribution in [2.45, 2.75) is 6.18 Å². The van der Waals surface area contributed by atoms with E-state index in [9.17, 15) is 17.7 Å². The van der Waals surface area contributed by atoms with Crippen LogP contribution in [0.15, 0.2) is 24.3 Å². The second-order valence-electron chi connectivity index (χ2n) is 3.37. The lowest BCUT2D eigenvalue weighted by Gasteiger charge is -2.11. The Morgan fingerprint density at radius 3 is 1.93 bits per heavy atom. The molecule has 0 saturated heterocycles. The molecule has 0 N–H and O–H groups in total. The second kappa shape index (κ2) is 3.89. The van der Waals surface area contributed by atoms with Crippen LogP contribution in [-0.2, 0) is 10.7 Å². The molecule has 0 aliphatic rings. The van der Waals surface area contributed by atoms with E-state index in [-0.39, 0.29) is 5.75 Å². The molecule has 6 heteroatoms. The molecular weight excluding hydrogens is 228 g/mol. The fraction of sp³-hybridized carbons (Fsp3) is 0.333. The number of halogens is 3. The average Bonchev–Trinajstić information content (AvgIpc) is 2.00. The number of hydrogen-bond acceptors (Lipinski definition) is 2. The topological polar surface area (TPSA) is 26.3 Å². The zero-order valence-corrected chi connectivity index (χ0v) is 9.10. The van der Waals surface area contributed by atoms with Crippen LogP contribution in [0.2, 0.25) is 0 Å². The summed E-state index contributed by atoms with van der Waals surface area (Å²) in [6, 6.07) is 4.10. The van der Waals surface area contributed by atoms with E-state index in [1.807, 2.05) is 0 Å². The Labute approximate surface area is 85.5 Å². The van der Waals surface area contributed by atoms with Gasteiger partial charge in [0, 0.05) is 13.3 Å². The third kappa shape index (κ3) is 3.96. The van der Waals surface area contributed by atoms with Gasteiger partial charge < -0.3 is 4.52 Å². The van der Waals surface area contributed by atoms with Gasteiger partial charge in [-0.1, -0.05) is 0 Å². The maximum Gasteiger partial charge on any atom is 0.416 e. The Hall–Kier alpha value is -0.960. The summed E-state index contributed by atoms with van der Waals surface area (Å²) in [5, 5.41) is 0. The largest absolute Gasteiger partial charge is 0.443 e. The summed E-state index contributed by atoms with van der Waals surface area (Å²) in [7, 11) is -2.72. The SMILES string of the molecule is CP(C)(=O)Oc1ccc(C(F)(F)F)cc1. The van der Waals surface area contributed by atoms with Gasteiger partial charge in [0.1, 0.15) is 5.75 Å². The van der Waals surface area contributed by atoms with Crippen LogP contribution in [0.25, 0.3) is 0 Å². The Bertz CT molecular complexity index is 377. The van der Waals surface area contributed by atoms with E-state index in [2.05, 4.69) is 0 Å². The van der Waals surface area contributed by atoms with Crippen LogP contribution in [-0.4, -0.2) is 13.3 Å². The third-order valence-corrected chi connectivity index (χ3v) is 2.16. The maximum atomic E-state index is 12.2. The van der Waals surface area contributed by atoms with Crippen molar-refractivity contribution in [1.82, 2.24) is 0 Å². The van der Waals surface area contributed by atoms with E-state index >= 15 is 0 Å². The molecule has 0 aliphatic heterocycles. The van der Waals surface area contributed by atoms with Crippen LogP contribution in [0.3, 0.4) is 0 Å². The van der Waals surface area contributed by atoms with Crippen LogP contribution < -0.4 is 4.52 Å². The van der Waals surface area contributed by atoms with E-state index in [4.69, 9.17) is 4.52 Å². The molecule has 0 bridgehead atoms. The summed E-state index contributed by atoms with van der Waals surface area (Å²) in [5.74, 6) is 0.177. The standard InChI is InChI=1S/C9H10F3O2P/c1-15(2,13)14-8-5-3-7(4-6-8)9(10,11)12/h3-6H,1-2H3. The fourth-order valence-corrected chi connectivity index (χ4v) is 1.59. The van der Waals surface area contributed by atoms with Gasteiger partial charge >= 0.3 is 6.18 Å². The lowest BCUT2D eigenvalue weighted by atomic mass is 10.2. The van der Waals surface area contributed by atoms with Crippen molar-refractivity contribution in [2.75, 3.05) is 13.3 Å². The molecule has 1 aromatic carbocycles. The molecule has 1 rings (SSSR count). The minimum absolute atomic E-state index is 0.177. The lowest BCUT2D eigenvalue weighted by Crippen LogP contribution is -2.04.